The molecule has 0 radical (unpaired) electrons. The van der Waals surface area contributed by atoms with Crippen LogP contribution in [0.4, 0.5) is 0 Å². The Bertz CT molecular complexity index is 796. The fourth-order valence-corrected chi connectivity index (χ4v) is 6.40. The van der Waals surface area contributed by atoms with Crippen LogP contribution in [-0.2, 0) is 15.8 Å². The number of amides is 1. The van der Waals surface area contributed by atoms with Crippen molar-refractivity contribution in [2.75, 3.05) is 6.54 Å². The van der Waals surface area contributed by atoms with E-state index < -0.39 is 8.32 Å². The minimum atomic E-state index is -1.85. The molecule has 3 atom stereocenters. The standard InChI is InChI=1S/C31H53NO2Si/c1-9-27-20-15-23-32(24-26-17-12-11-13-18-26)30(33)28(10-2)19-14-16-25(3)21-22-29(27)34-35(7,8)31(4,5)6/h11-13,16-18,27-29H,9-10,14-15,19-24H2,1-8H3/b25-16+/t27-,28-,29-/m1/s1. The molecule has 4 heteroatoms. The predicted octanol–water partition coefficient (Wildman–Crippen LogP) is 8.76. The zero-order valence-electron chi connectivity index (χ0n) is 24.0. The van der Waals surface area contributed by atoms with Crippen LogP contribution in [-0.4, -0.2) is 31.8 Å². The number of hydrogen-bond donors (Lipinski definition) is 0. The van der Waals surface area contributed by atoms with Gasteiger partial charge >= 0.3 is 0 Å². The van der Waals surface area contributed by atoms with E-state index in [0.29, 0.717) is 24.5 Å². The summed E-state index contributed by atoms with van der Waals surface area (Å²) < 4.78 is 7.06. The number of benzene rings is 1. The van der Waals surface area contributed by atoms with Crippen molar-refractivity contribution in [1.29, 1.82) is 0 Å². The molecule has 0 aromatic heterocycles. The molecular weight excluding hydrogens is 446 g/mol. The largest absolute Gasteiger partial charge is 0.414 e. The SMILES string of the molecule is CC[C@@H]1CC/C=C(\C)CC[C@@H](O[Si](C)(C)C(C)(C)C)[C@H](CC)CCCN(Cc2ccccc2)C1=O. The molecule has 0 spiro atoms. The van der Waals surface area contributed by atoms with Crippen LogP contribution in [0.1, 0.15) is 98.5 Å². The molecule has 1 aliphatic heterocycles. The molecule has 1 amide bonds. The average molecular weight is 500 g/mol. The van der Waals surface area contributed by atoms with Gasteiger partial charge in [0.1, 0.15) is 0 Å². The molecule has 0 aliphatic carbocycles. The smallest absolute Gasteiger partial charge is 0.225 e. The summed E-state index contributed by atoms with van der Waals surface area (Å²) in [6.07, 6.45) is 11.0. The maximum Gasteiger partial charge on any atom is 0.225 e. The quantitative estimate of drug-likeness (QED) is 0.289. The Kier molecular flexibility index (Phi) is 11.8. The lowest BCUT2D eigenvalue weighted by Crippen LogP contribution is -2.46. The molecule has 0 saturated carbocycles. The fourth-order valence-electron chi connectivity index (χ4n) is 4.98. The highest BCUT2D eigenvalue weighted by Gasteiger charge is 2.40. The molecule has 35 heavy (non-hydrogen) atoms. The van der Waals surface area contributed by atoms with Crippen molar-refractivity contribution in [1.82, 2.24) is 4.90 Å². The molecule has 0 saturated heterocycles. The molecule has 198 valence electrons. The van der Waals surface area contributed by atoms with Gasteiger partial charge < -0.3 is 9.33 Å². The van der Waals surface area contributed by atoms with Crippen LogP contribution in [0.3, 0.4) is 0 Å². The highest BCUT2D eigenvalue weighted by molar-refractivity contribution is 6.74. The Morgan fingerprint density at radius 3 is 2.31 bits per heavy atom. The third kappa shape index (κ3) is 9.20. The summed E-state index contributed by atoms with van der Waals surface area (Å²) >= 11 is 0. The van der Waals surface area contributed by atoms with Gasteiger partial charge in [0.15, 0.2) is 8.32 Å². The van der Waals surface area contributed by atoms with Gasteiger partial charge in [-0.3, -0.25) is 4.79 Å². The zero-order valence-corrected chi connectivity index (χ0v) is 25.0. The topological polar surface area (TPSA) is 29.5 Å². The van der Waals surface area contributed by atoms with Crippen LogP contribution >= 0.6 is 0 Å². The number of rotatable bonds is 6. The van der Waals surface area contributed by atoms with Gasteiger partial charge in [-0.2, -0.15) is 0 Å². The molecular formula is C31H53NO2Si. The Balaban J connectivity index is 2.28. The molecule has 0 bridgehead atoms. The van der Waals surface area contributed by atoms with Crippen LogP contribution in [0.2, 0.25) is 18.1 Å². The summed E-state index contributed by atoms with van der Waals surface area (Å²) in [4.78, 5) is 15.8. The second-order valence-electron chi connectivity index (χ2n) is 12.2. The first-order valence-electron chi connectivity index (χ1n) is 14.1. The van der Waals surface area contributed by atoms with Crippen LogP contribution in [0.25, 0.3) is 0 Å². The third-order valence-electron chi connectivity index (χ3n) is 8.51. The van der Waals surface area contributed by atoms with E-state index in [1.165, 1.54) is 11.1 Å². The van der Waals surface area contributed by atoms with E-state index in [1.807, 2.05) is 6.07 Å². The van der Waals surface area contributed by atoms with E-state index in [1.54, 1.807) is 0 Å². The lowest BCUT2D eigenvalue weighted by Gasteiger charge is -2.42. The Morgan fingerprint density at radius 2 is 1.71 bits per heavy atom. The summed E-state index contributed by atoms with van der Waals surface area (Å²) in [6, 6.07) is 10.5. The van der Waals surface area contributed by atoms with E-state index in [9.17, 15) is 4.79 Å². The molecule has 1 aromatic carbocycles. The molecule has 1 aromatic rings. The lowest BCUT2D eigenvalue weighted by molar-refractivity contribution is -0.136. The Labute approximate surface area is 217 Å². The highest BCUT2D eigenvalue weighted by atomic mass is 28.4. The lowest BCUT2D eigenvalue weighted by atomic mass is 9.89. The molecule has 0 N–H and O–H groups in total. The summed E-state index contributed by atoms with van der Waals surface area (Å²) in [5.74, 6) is 0.986. The van der Waals surface area contributed by atoms with Gasteiger partial charge in [-0.1, -0.05) is 83.0 Å². The minimum Gasteiger partial charge on any atom is -0.414 e. The molecule has 2 rings (SSSR count). The maximum atomic E-state index is 13.6. The first-order chi connectivity index (χ1) is 16.5. The molecule has 0 fully saturated rings. The van der Waals surface area contributed by atoms with Crippen molar-refractivity contribution in [2.24, 2.45) is 11.8 Å². The second-order valence-corrected chi connectivity index (χ2v) is 17.0. The second kappa shape index (κ2) is 13.8. The van der Waals surface area contributed by atoms with Crippen LogP contribution in [0.15, 0.2) is 42.0 Å². The highest BCUT2D eigenvalue weighted by Crippen LogP contribution is 2.40. The van der Waals surface area contributed by atoms with Crippen molar-refractivity contribution >= 4 is 14.2 Å². The van der Waals surface area contributed by atoms with E-state index >= 15 is 0 Å². The van der Waals surface area contributed by atoms with E-state index in [4.69, 9.17) is 4.43 Å². The number of carbonyl (C=O) groups excluding carboxylic acids is 1. The van der Waals surface area contributed by atoms with Gasteiger partial charge in [-0.15, -0.1) is 0 Å². The van der Waals surface area contributed by atoms with Crippen molar-refractivity contribution in [3.05, 3.63) is 47.5 Å². The van der Waals surface area contributed by atoms with Gasteiger partial charge in [-0.25, -0.2) is 0 Å². The minimum absolute atomic E-state index is 0.113. The third-order valence-corrected chi connectivity index (χ3v) is 13.0. The van der Waals surface area contributed by atoms with E-state index in [2.05, 4.69) is 89.9 Å². The number of hydrogen-bond acceptors (Lipinski definition) is 2. The normalized spacial score (nSPS) is 25.6. The zero-order chi connectivity index (χ0) is 26.1. The van der Waals surface area contributed by atoms with Gasteiger partial charge in [0.25, 0.3) is 0 Å². The summed E-state index contributed by atoms with van der Waals surface area (Å²) in [7, 11) is -1.85. The molecule has 1 aliphatic rings. The molecule has 1 heterocycles. The monoisotopic (exact) mass is 499 g/mol. The van der Waals surface area contributed by atoms with Crippen molar-refractivity contribution in [2.45, 2.75) is 124 Å². The summed E-state index contributed by atoms with van der Waals surface area (Å²) in [6.45, 7) is 20.1. The number of nitrogens with zero attached hydrogens (tertiary/aromatic N) is 1. The van der Waals surface area contributed by atoms with E-state index in [-0.39, 0.29) is 11.0 Å². The Hall–Kier alpha value is -1.39. The van der Waals surface area contributed by atoms with Gasteiger partial charge in [0.2, 0.25) is 5.91 Å². The fraction of sp³-hybridized carbons (Fsp3) is 0.710. The molecule has 0 unspecified atom stereocenters. The average Bonchev–Trinajstić information content (AvgIpc) is 2.80. The van der Waals surface area contributed by atoms with Crippen LogP contribution in [0.5, 0.6) is 0 Å². The number of allylic oxidation sites excluding steroid dienone is 2. The first kappa shape index (κ1) is 29.8. The Morgan fingerprint density at radius 1 is 1.03 bits per heavy atom. The van der Waals surface area contributed by atoms with Gasteiger partial charge in [-0.05, 0) is 81.5 Å². The van der Waals surface area contributed by atoms with Crippen molar-refractivity contribution in [3.8, 4) is 0 Å². The molecule has 3 nitrogen and oxygen atoms in total. The maximum absolute atomic E-state index is 13.6. The van der Waals surface area contributed by atoms with Crippen molar-refractivity contribution in [3.63, 3.8) is 0 Å². The first-order valence-corrected chi connectivity index (χ1v) is 17.1. The van der Waals surface area contributed by atoms with Crippen LogP contribution < -0.4 is 0 Å². The summed E-state index contributed by atoms with van der Waals surface area (Å²) in [5, 5.41) is 0.212. The summed E-state index contributed by atoms with van der Waals surface area (Å²) in [5.41, 5.74) is 2.67. The van der Waals surface area contributed by atoms with E-state index in [0.717, 1.165) is 57.9 Å². The van der Waals surface area contributed by atoms with Crippen LogP contribution in [0, 0.1) is 11.8 Å². The predicted molar refractivity (Wildman–Crippen MR) is 153 cm³/mol. The number of carbonyl (C=O) groups is 1. The van der Waals surface area contributed by atoms with Crippen molar-refractivity contribution < 1.29 is 9.22 Å². The van der Waals surface area contributed by atoms with Gasteiger partial charge in [0.05, 0.1) is 0 Å². The van der Waals surface area contributed by atoms with Gasteiger partial charge in [0, 0.05) is 25.1 Å².